The maximum atomic E-state index is 11.5. The second kappa shape index (κ2) is 4.39. The van der Waals surface area contributed by atoms with Crippen molar-refractivity contribution in [3.63, 3.8) is 0 Å². The molecule has 1 fully saturated rings. The molecule has 16 heavy (non-hydrogen) atoms. The van der Waals surface area contributed by atoms with Crippen LogP contribution in [0, 0.1) is 0 Å². The summed E-state index contributed by atoms with van der Waals surface area (Å²) in [6.07, 6.45) is 0.895. The number of hydrogen-bond donors (Lipinski definition) is 2. The molecule has 5 heteroatoms. The molecule has 0 bridgehead atoms. The minimum absolute atomic E-state index is 0.168. The molecule has 1 aliphatic heterocycles. The van der Waals surface area contributed by atoms with E-state index in [0.29, 0.717) is 12.8 Å². The summed E-state index contributed by atoms with van der Waals surface area (Å²) >= 11 is 0. The van der Waals surface area contributed by atoms with Gasteiger partial charge in [0, 0.05) is 12.2 Å². The van der Waals surface area contributed by atoms with Crippen molar-refractivity contribution >= 4 is 24.6 Å². The summed E-state index contributed by atoms with van der Waals surface area (Å²) in [7, 11) is 1.77. The van der Waals surface area contributed by atoms with Crippen molar-refractivity contribution in [1.82, 2.24) is 5.32 Å². The number of imide groups is 1. The largest absolute Gasteiger partial charge is 0.508 e. The van der Waals surface area contributed by atoms with E-state index in [1.807, 2.05) is 6.07 Å². The summed E-state index contributed by atoms with van der Waals surface area (Å²) in [6.45, 7) is 0. The van der Waals surface area contributed by atoms with Crippen LogP contribution in [0.15, 0.2) is 24.3 Å². The lowest BCUT2D eigenvalue weighted by Gasteiger charge is -2.19. The average molecular weight is 216 g/mol. The first-order chi connectivity index (χ1) is 7.65. The number of carbonyl (C=O) groups excluding carboxylic acids is 2. The number of benzene rings is 1. The van der Waals surface area contributed by atoms with Gasteiger partial charge < -0.3 is 5.11 Å². The van der Waals surface area contributed by atoms with Gasteiger partial charge in [0.2, 0.25) is 11.8 Å². The molecule has 1 saturated heterocycles. The number of amides is 2. The van der Waals surface area contributed by atoms with Crippen molar-refractivity contribution in [2.45, 2.75) is 18.7 Å². The Kier molecular flexibility index (Phi) is 2.94. The molecule has 0 saturated carbocycles. The maximum absolute atomic E-state index is 11.5. The topological polar surface area (TPSA) is 66.4 Å². The second-order valence-electron chi connectivity index (χ2n) is 3.82. The standard InChI is InChI=1S/C11H11BNO3/c14-8-3-1-2-7(6-8)12-9-4-5-10(15)13-11(9)16/h1-3,6,9,14H,4-5H2,(H,13,15,16). The number of nitrogens with one attached hydrogen (secondary N) is 1. The number of carbonyl (C=O) groups is 2. The summed E-state index contributed by atoms with van der Waals surface area (Å²) in [5, 5.41) is 11.6. The van der Waals surface area contributed by atoms with Crippen LogP contribution in [-0.4, -0.2) is 24.2 Å². The number of phenols is 1. The van der Waals surface area contributed by atoms with Crippen molar-refractivity contribution in [3.05, 3.63) is 24.3 Å². The molecule has 2 amide bonds. The molecule has 2 rings (SSSR count). The van der Waals surface area contributed by atoms with Crippen molar-refractivity contribution in [3.8, 4) is 5.75 Å². The Hall–Kier alpha value is -1.78. The molecule has 1 aromatic rings. The molecule has 0 aliphatic carbocycles. The van der Waals surface area contributed by atoms with E-state index in [0.717, 1.165) is 5.46 Å². The Morgan fingerprint density at radius 1 is 1.38 bits per heavy atom. The molecule has 0 spiro atoms. The summed E-state index contributed by atoms with van der Waals surface area (Å²) in [5.41, 5.74) is 0.787. The molecule has 1 aliphatic rings. The Morgan fingerprint density at radius 3 is 2.88 bits per heavy atom. The maximum Gasteiger partial charge on any atom is 0.226 e. The first-order valence-corrected chi connectivity index (χ1v) is 5.13. The van der Waals surface area contributed by atoms with Crippen molar-refractivity contribution < 1.29 is 14.7 Å². The van der Waals surface area contributed by atoms with Crippen molar-refractivity contribution in [2.75, 3.05) is 0 Å². The van der Waals surface area contributed by atoms with E-state index >= 15 is 0 Å². The van der Waals surface area contributed by atoms with Gasteiger partial charge in [-0.05, 0) is 18.6 Å². The monoisotopic (exact) mass is 216 g/mol. The molecule has 4 nitrogen and oxygen atoms in total. The fourth-order valence-electron chi connectivity index (χ4n) is 1.73. The fourth-order valence-corrected chi connectivity index (χ4v) is 1.73. The number of piperidine rings is 1. The summed E-state index contributed by atoms with van der Waals surface area (Å²) in [5.74, 6) is -0.606. The van der Waals surface area contributed by atoms with Crippen LogP contribution in [0.3, 0.4) is 0 Å². The normalized spacial score (nSPS) is 20.4. The second-order valence-corrected chi connectivity index (χ2v) is 3.82. The van der Waals surface area contributed by atoms with E-state index in [2.05, 4.69) is 5.32 Å². The van der Waals surface area contributed by atoms with Crippen LogP contribution < -0.4 is 10.8 Å². The van der Waals surface area contributed by atoms with Crippen LogP contribution in [-0.2, 0) is 9.59 Å². The van der Waals surface area contributed by atoms with Crippen molar-refractivity contribution in [2.24, 2.45) is 0 Å². The third-order valence-electron chi connectivity index (χ3n) is 2.55. The van der Waals surface area contributed by atoms with Crippen LogP contribution in [0.4, 0.5) is 0 Å². The Labute approximate surface area is 93.9 Å². The molecule has 1 heterocycles. The minimum atomic E-state index is -0.292. The van der Waals surface area contributed by atoms with Gasteiger partial charge in [-0.25, -0.2) is 0 Å². The van der Waals surface area contributed by atoms with Crippen LogP contribution in [0.1, 0.15) is 12.8 Å². The van der Waals surface area contributed by atoms with Gasteiger partial charge >= 0.3 is 0 Å². The Balaban J connectivity index is 2.05. The van der Waals surface area contributed by atoms with Crippen LogP contribution in [0.2, 0.25) is 5.82 Å². The molecule has 81 valence electrons. The van der Waals surface area contributed by atoms with Gasteiger partial charge in [0.25, 0.3) is 0 Å². The van der Waals surface area contributed by atoms with Crippen LogP contribution >= 0.6 is 0 Å². The highest BCUT2D eigenvalue weighted by Crippen LogP contribution is 2.17. The fraction of sp³-hybridized carbons (Fsp3) is 0.273. The number of phenolic OH excluding ortho intramolecular Hbond substituents is 1. The van der Waals surface area contributed by atoms with E-state index < -0.39 is 0 Å². The SMILES string of the molecule is O=C1CCC([B]c2cccc(O)c2)C(=O)N1. The predicted octanol–water partition coefficient (Wildman–Crippen LogP) is -0.0532. The highest BCUT2D eigenvalue weighted by Gasteiger charge is 2.27. The highest BCUT2D eigenvalue weighted by molar-refractivity contribution is 6.59. The van der Waals surface area contributed by atoms with E-state index in [4.69, 9.17) is 0 Å². The third kappa shape index (κ3) is 2.42. The van der Waals surface area contributed by atoms with Gasteiger partial charge in [-0.15, -0.1) is 0 Å². The van der Waals surface area contributed by atoms with E-state index in [-0.39, 0.29) is 23.4 Å². The number of aromatic hydroxyl groups is 1. The molecule has 1 unspecified atom stereocenters. The zero-order chi connectivity index (χ0) is 11.5. The first kappa shape index (κ1) is 10.7. The van der Waals surface area contributed by atoms with Gasteiger partial charge in [-0.1, -0.05) is 17.6 Å². The van der Waals surface area contributed by atoms with E-state index in [1.54, 1.807) is 25.5 Å². The number of hydrogen-bond acceptors (Lipinski definition) is 3. The predicted molar refractivity (Wildman–Crippen MR) is 59.6 cm³/mol. The van der Waals surface area contributed by atoms with E-state index in [1.165, 1.54) is 0 Å². The lowest BCUT2D eigenvalue weighted by Crippen LogP contribution is -2.42. The lowest BCUT2D eigenvalue weighted by atomic mass is 9.56. The summed E-state index contributed by atoms with van der Waals surface area (Å²) < 4.78 is 0. The first-order valence-electron chi connectivity index (χ1n) is 5.13. The Morgan fingerprint density at radius 2 is 2.19 bits per heavy atom. The third-order valence-corrected chi connectivity index (χ3v) is 2.55. The number of rotatable bonds is 2. The molecular formula is C11H11BNO3. The molecule has 1 radical (unpaired) electrons. The zero-order valence-electron chi connectivity index (χ0n) is 8.64. The zero-order valence-corrected chi connectivity index (χ0v) is 8.64. The summed E-state index contributed by atoms with van der Waals surface area (Å²) in [6, 6.07) is 6.68. The van der Waals surface area contributed by atoms with Gasteiger partial charge in [0.05, 0.1) is 0 Å². The molecular weight excluding hydrogens is 205 g/mol. The smallest absolute Gasteiger partial charge is 0.226 e. The molecule has 0 aromatic heterocycles. The highest BCUT2D eigenvalue weighted by atomic mass is 16.3. The van der Waals surface area contributed by atoms with Gasteiger partial charge in [0.1, 0.15) is 5.75 Å². The van der Waals surface area contributed by atoms with Crippen LogP contribution in [0.5, 0.6) is 5.75 Å². The van der Waals surface area contributed by atoms with Gasteiger partial charge in [-0.2, -0.15) is 0 Å². The molecule has 1 atom stereocenters. The van der Waals surface area contributed by atoms with Gasteiger partial charge in [-0.3, -0.25) is 14.9 Å². The molecule has 1 aromatic carbocycles. The quantitative estimate of drug-likeness (QED) is 0.537. The summed E-state index contributed by atoms with van der Waals surface area (Å²) in [4.78, 5) is 22.4. The Bertz CT molecular complexity index is 433. The van der Waals surface area contributed by atoms with E-state index in [9.17, 15) is 14.7 Å². The van der Waals surface area contributed by atoms with Crippen molar-refractivity contribution in [1.29, 1.82) is 0 Å². The molecule has 2 N–H and O–H groups in total. The average Bonchev–Trinajstić information content (AvgIpc) is 2.22. The van der Waals surface area contributed by atoms with Crippen LogP contribution in [0.25, 0.3) is 0 Å². The minimum Gasteiger partial charge on any atom is -0.508 e. The lowest BCUT2D eigenvalue weighted by molar-refractivity contribution is -0.132. The van der Waals surface area contributed by atoms with Gasteiger partial charge in [0.15, 0.2) is 7.28 Å².